The Hall–Kier alpha value is -2.64. The van der Waals surface area contributed by atoms with E-state index in [2.05, 4.69) is 20.8 Å². The summed E-state index contributed by atoms with van der Waals surface area (Å²) in [5, 5.41) is -4.50. The first kappa shape index (κ1) is 33.3. The maximum Gasteiger partial charge on any atom is 0.405 e. The molecular weight excluding hydrogens is 608 g/mol. The molecule has 3 aromatic carbocycles. The summed E-state index contributed by atoms with van der Waals surface area (Å²) in [6.45, 7) is 9.33. The Kier molecular flexibility index (Phi) is 9.05. The minimum Gasteiger partial charge on any atom is -0.483 e. The Bertz CT molecular complexity index is 1520. The van der Waals surface area contributed by atoms with Gasteiger partial charge < -0.3 is 14.2 Å². The highest BCUT2D eigenvalue weighted by molar-refractivity contribution is 7.97. The summed E-state index contributed by atoms with van der Waals surface area (Å²) in [6.07, 6.45) is -3.47. The summed E-state index contributed by atoms with van der Waals surface area (Å²) in [5.74, 6) is -4.46. The van der Waals surface area contributed by atoms with E-state index < -0.39 is 56.8 Å². The summed E-state index contributed by atoms with van der Waals surface area (Å²) in [4.78, 5) is 2.65. The normalized spacial score (nSPS) is 22.5. The van der Waals surface area contributed by atoms with Crippen molar-refractivity contribution in [3.05, 3.63) is 83.9 Å². The van der Waals surface area contributed by atoms with E-state index in [0.717, 1.165) is 27.2 Å². The zero-order valence-corrected chi connectivity index (χ0v) is 26.2. The first-order valence-electron chi connectivity index (χ1n) is 13.5. The topological polar surface area (TPSA) is 82.1 Å². The van der Waals surface area contributed by atoms with Crippen molar-refractivity contribution in [3.8, 4) is 5.75 Å². The van der Waals surface area contributed by atoms with Crippen LogP contribution in [0, 0.1) is 0 Å². The summed E-state index contributed by atoms with van der Waals surface area (Å²) in [7, 11) is -6.36. The first-order valence-corrected chi connectivity index (χ1v) is 16.2. The van der Waals surface area contributed by atoms with Gasteiger partial charge in [0, 0.05) is 5.56 Å². The molecule has 0 amide bonds. The van der Waals surface area contributed by atoms with Gasteiger partial charge in [-0.1, -0.05) is 32.9 Å². The van der Waals surface area contributed by atoms with Crippen LogP contribution in [0.4, 0.5) is 17.6 Å². The van der Waals surface area contributed by atoms with Crippen LogP contribution in [0.2, 0.25) is 0 Å². The van der Waals surface area contributed by atoms with Crippen molar-refractivity contribution >= 4 is 21.0 Å². The molecule has 1 fully saturated rings. The van der Waals surface area contributed by atoms with Gasteiger partial charge in [-0.2, -0.15) is 17.2 Å². The van der Waals surface area contributed by atoms with Crippen molar-refractivity contribution in [2.45, 2.75) is 90.8 Å². The number of ether oxygens (including phenoxy) is 3. The monoisotopic (exact) mass is 643 g/mol. The fraction of sp³-hybridized carbons (Fsp3) is 0.419. The predicted octanol–water partition coefficient (Wildman–Crippen LogP) is 7.57. The number of rotatable bonds is 8. The van der Waals surface area contributed by atoms with Crippen LogP contribution in [0.15, 0.2) is 87.5 Å². The van der Waals surface area contributed by atoms with Crippen molar-refractivity contribution in [1.29, 1.82) is 0 Å². The minimum atomic E-state index is -5.67. The van der Waals surface area contributed by atoms with E-state index in [-0.39, 0.29) is 11.2 Å². The third-order valence-electron chi connectivity index (χ3n) is 7.30. The second kappa shape index (κ2) is 11.7. The molecule has 1 heterocycles. The van der Waals surface area contributed by atoms with Crippen molar-refractivity contribution in [3.63, 3.8) is 0 Å². The molecule has 0 aliphatic carbocycles. The highest BCUT2D eigenvalue weighted by Gasteiger charge is 2.52. The molecule has 0 radical (unpaired) electrons. The average Bonchev–Trinajstić information content (AvgIpc) is 2.92. The van der Waals surface area contributed by atoms with Crippen LogP contribution in [0.3, 0.4) is 0 Å². The number of hydrogen-bond donors (Lipinski definition) is 1. The van der Waals surface area contributed by atoms with Gasteiger partial charge in [0.1, 0.15) is 18.5 Å². The van der Waals surface area contributed by atoms with Crippen molar-refractivity contribution in [2.75, 3.05) is 6.61 Å². The van der Waals surface area contributed by atoms with Crippen LogP contribution < -0.4 is 4.74 Å². The van der Waals surface area contributed by atoms with Gasteiger partial charge in [0.15, 0.2) is 26.6 Å². The molecule has 1 aliphatic rings. The molecule has 6 nitrogen and oxygen atoms in total. The van der Waals surface area contributed by atoms with E-state index in [0.29, 0.717) is 5.56 Å². The fourth-order valence-electron chi connectivity index (χ4n) is 4.49. The van der Waals surface area contributed by atoms with E-state index >= 15 is 0 Å². The molecule has 4 atom stereocenters. The van der Waals surface area contributed by atoms with Gasteiger partial charge in [0.2, 0.25) is 0 Å². The molecular formula is C31H35F4O6S2+. The maximum atomic E-state index is 14.0. The Balaban J connectivity index is 1.68. The molecule has 4 rings (SSSR count). The van der Waals surface area contributed by atoms with Crippen LogP contribution in [-0.2, 0) is 41.7 Å². The molecule has 12 heteroatoms. The molecule has 1 saturated heterocycles. The smallest absolute Gasteiger partial charge is 0.405 e. The van der Waals surface area contributed by atoms with Crippen LogP contribution >= 0.6 is 0 Å². The van der Waals surface area contributed by atoms with Crippen molar-refractivity contribution in [2.24, 2.45) is 0 Å². The zero-order valence-electron chi connectivity index (χ0n) is 24.6. The zero-order chi connectivity index (χ0) is 32.0. The maximum absolute atomic E-state index is 14.0. The van der Waals surface area contributed by atoms with Gasteiger partial charge in [-0.05, 0) is 92.4 Å². The van der Waals surface area contributed by atoms with Gasteiger partial charge in [0.25, 0.3) is 5.92 Å². The lowest BCUT2D eigenvalue weighted by atomic mass is 9.87. The first-order chi connectivity index (χ1) is 19.7. The van der Waals surface area contributed by atoms with Gasteiger partial charge in [-0.3, -0.25) is 4.55 Å². The summed E-state index contributed by atoms with van der Waals surface area (Å²) in [5.41, 5.74) is 1.64. The van der Waals surface area contributed by atoms with Gasteiger partial charge in [-0.15, -0.1) is 0 Å². The van der Waals surface area contributed by atoms with Crippen molar-refractivity contribution in [1.82, 2.24) is 0 Å². The van der Waals surface area contributed by atoms with Crippen LogP contribution in [0.5, 0.6) is 5.75 Å². The Morgan fingerprint density at radius 1 is 0.930 bits per heavy atom. The van der Waals surface area contributed by atoms with Gasteiger partial charge >= 0.3 is 15.4 Å². The predicted molar refractivity (Wildman–Crippen MR) is 156 cm³/mol. The van der Waals surface area contributed by atoms with Gasteiger partial charge in [-0.25, -0.2) is 8.78 Å². The molecule has 43 heavy (non-hydrogen) atoms. The second-order valence-corrected chi connectivity index (χ2v) is 15.1. The lowest BCUT2D eigenvalue weighted by Crippen LogP contribution is -2.51. The molecule has 0 bridgehead atoms. The summed E-state index contributed by atoms with van der Waals surface area (Å²) in [6, 6.07) is 21.7. The van der Waals surface area contributed by atoms with Crippen molar-refractivity contribution < 1.29 is 44.7 Å². The molecule has 1 N–H and O–H groups in total. The number of halogens is 4. The minimum absolute atomic E-state index is 0.00741. The Morgan fingerprint density at radius 2 is 1.40 bits per heavy atom. The quantitative estimate of drug-likeness (QED) is 0.155. The number of benzene rings is 3. The van der Waals surface area contributed by atoms with E-state index in [1.807, 2.05) is 36.4 Å². The summed E-state index contributed by atoms with van der Waals surface area (Å²) < 4.78 is 103. The van der Waals surface area contributed by atoms with E-state index in [9.17, 15) is 26.0 Å². The highest BCUT2D eigenvalue weighted by Crippen LogP contribution is 2.41. The second-order valence-electron chi connectivity index (χ2n) is 11.6. The van der Waals surface area contributed by atoms with Crippen LogP contribution in [0.1, 0.15) is 52.7 Å². The Labute approximate surface area is 252 Å². The highest BCUT2D eigenvalue weighted by atomic mass is 32.2. The molecule has 0 aromatic heterocycles. The molecule has 3 aromatic rings. The van der Waals surface area contributed by atoms with E-state index in [1.54, 1.807) is 31.2 Å². The molecule has 234 valence electrons. The fourth-order valence-corrected chi connectivity index (χ4v) is 7.00. The number of alkyl halides is 4. The molecule has 4 unspecified atom stereocenters. The lowest BCUT2D eigenvalue weighted by molar-refractivity contribution is -0.356. The third kappa shape index (κ3) is 7.04. The SMILES string of the molecule is CC1OC(C)(c2ccc([S+](c3ccc(OC(C)C(F)(F)S(=O)(=O)O)cc3)c3ccc(C(C)(C)C)cc3)cc2)OCC1(F)F. The summed E-state index contributed by atoms with van der Waals surface area (Å²) >= 11 is 0. The van der Waals surface area contributed by atoms with Crippen LogP contribution in [-0.4, -0.2) is 43.0 Å². The van der Waals surface area contributed by atoms with Gasteiger partial charge in [0.05, 0.1) is 10.9 Å². The Morgan fingerprint density at radius 3 is 1.84 bits per heavy atom. The average molecular weight is 644 g/mol. The molecule has 0 spiro atoms. The molecule has 0 saturated carbocycles. The van der Waals surface area contributed by atoms with E-state index in [4.69, 9.17) is 18.8 Å². The van der Waals surface area contributed by atoms with Crippen LogP contribution in [0.25, 0.3) is 0 Å². The lowest BCUT2D eigenvalue weighted by Gasteiger charge is -2.41. The third-order valence-corrected chi connectivity index (χ3v) is 10.5. The van der Waals surface area contributed by atoms with E-state index in [1.165, 1.54) is 19.1 Å². The number of hydrogen-bond acceptors (Lipinski definition) is 5. The standard InChI is InChI=1S/C31H34F4O6S2/c1-20-30(32,33)19-39-29(6,41-20)23-9-15-26(16-10-23)42(25-13-7-22(8-14-25)28(3,4)5)27-17-11-24(12-18-27)40-21(2)31(34,35)43(36,37)38/h7-18,20-21H,19H2,1-6H3/p+1. The molecule has 1 aliphatic heterocycles. The largest absolute Gasteiger partial charge is 0.483 e.